The van der Waals surface area contributed by atoms with Crippen molar-refractivity contribution in [2.45, 2.75) is 121 Å². The Hall–Kier alpha value is -1.07. The minimum Gasteiger partial charge on any atom is -0.458 e. The highest BCUT2D eigenvalue weighted by Crippen LogP contribution is 2.70. The number of fused-ring (bicyclic) bond motifs is 5. The highest BCUT2D eigenvalue weighted by Gasteiger charge is 2.70. The summed E-state index contributed by atoms with van der Waals surface area (Å²) < 4.78 is 22.7. The molecule has 5 fully saturated rings. The van der Waals surface area contributed by atoms with E-state index in [0.29, 0.717) is 18.3 Å². The van der Waals surface area contributed by atoms with Gasteiger partial charge in [-0.1, -0.05) is 13.8 Å². The number of carbonyl (C=O) groups excluding carboxylic acids is 1. The van der Waals surface area contributed by atoms with Crippen molar-refractivity contribution < 1.29 is 44.2 Å². The zero-order chi connectivity index (χ0) is 27.9. The van der Waals surface area contributed by atoms with Crippen molar-refractivity contribution in [3.8, 4) is 0 Å². The number of cyclic esters (lactones) is 1. The Balaban J connectivity index is 1.17. The summed E-state index contributed by atoms with van der Waals surface area (Å²) in [6, 6.07) is 0. The average Bonchev–Trinajstić information content (AvgIpc) is 3.39. The second-order valence-electron chi connectivity index (χ2n) is 13.9. The maximum absolute atomic E-state index is 12.4. The standard InChI is InChI=1S/C30H46O9/c1-15-24(33)26(36-4)25(34)27(38-15)39-18-7-9-28(2)17(12-18)5-6-20-19(28)8-10-29(3)23(16-11-22(32)37-14-16)21(31)13-30(20,29)35/h11,15,17-21,23-27,31,33-35H,5-10,12-14H2,1-4H3/t15-,17-,18-,19+,20-,21-,23-,24+,25-,26+,27+,28+,29-,30+/m1/s1. The Morgan fingerprint density at radius 1 is 1.03 bits per heavy atom. The van der Waals surface area contributed by atoms with E-state index in [1.807, 2.05) is 0 Å². The maximum Gasteiger partial charge on any atom is 0.331 e. The lowest BCUT2D eigenvalue weighted by molar-refractivity contribution is -0.313. The number of ether oxygens (including phenoxy) is 4. The summed E-state index contributed by atoms with van der Waals surface area (Å²) in [6.07, 6.45) is 3.40. The summed E-state index contributed by atoms with van der Waals surface area (Å²) in [7, 11) is 1.48. The fraction of sp³-hybridized carbons (Fsp3) is 0.900. The van der Waals surface area contributed by atoms with Gasteiger partial charge in [0.25, 0.3) is 0 Å². The summed E-state index contributed by atoms with van der Waals surface area (Å²) in [5.74, 6) is 0.260. The van der Waals surface area contributed by atoms with E-state index >= 15 is 0 Å². The quantitative estimate of drug-likeness (QED) is 0.307. The number of aliphatic hydroxyl groups excluding tert-OH is 3. The van der Waals surface area contributed by atoms with Crippen LogP contribution in [0.2, 0.25) is 0 Å². The van der Waals surface area contributed by atoms with Crippen LogP contribution in [0.4, 0.5) is 0 Å². The minimum atomic E-state index is -1.06. The molecule has 14 atom stereocenters. The van der Waals surface area contributed by atoms with Crippen molar-refractivity contribution in [2.75, 3.05) is 13.7 Å². The summed E-state index contributed by atoms with van der Waals surface area (Å²) in [5.41, 5.74) is -0.601. The van der Waals surface area contributed by atoms with Gasteiger partial charge >= 0.3 is 5.97 Å². The minimum absolute atomic E-state index is 0.0547. The zero-order valence-electron chi connectivity index (χ0n) is 23.6. The molecule has 9 nitrogen and oxygen atoms in total. The molecule has 2 heterocycles. The summed E-state index contributed by atoms with van der Waals surface area (Å²) in [6.45, 7) is 6.48. The van der Waals surface area contributed by atoms with Crippen LogP contribution in [0.25, 0.3) is 0 Å². The molecular formula is C30H46O9. The normalized spacial score (nSPS) is 55.3. The molecule has 2 aliphatic heterocycles. The van der Waals surface area contributed by atoms with Gasteiger partial charge in [0.1, 0.15) is 24.9 Å². The molecular weight excluding hydrogens is 504 g/mol. The van der Waals surface area contributed by atoms with E-state index in [2.05, 4.69) is 13.8 Å². The molecule has 0 unspecified atom stereocenters. The van der Waals surface area contributed by atoms with Crippen LogP contribution in [0.5, 0.6) is 0 Å². The van der Waals surface area contributed by atoms with Crippen molar-refractivity contribution in [3.63, 3.8) is 0 Å². The highest BCUT2D eigenvalue weighted by atomic mass is 16.7. The van der Waals surface area contributed by atoms with Gasteiger partial charge in [-0.3, -0.25) is 0 Å². The second kappa shape index (κ2) is 9.75. The molecule has 0 radical (unpaired) electrons. The van der Waals surface area contributed by atoms with E-state index in [4.69, 9.17) is 18.9 Å². The molecule has 6 aliphatic rings. The van der Waals surface area contributed by atoms with Gasteiger partial charge in [-0.15, -0.1) is 0 Å². The molecule has 0 aromatic carbocycles. The van der Waals surface area contributed by atoms with E-state index in [0.717, 1.165) is 50.5 Å². The first kappa shape index (κ1) is 28.1. The van der Waals surface area contributed by atoms with Crippen LogP contribution in [-0.4, -0.2) is 88.6 Å². The number of hydrogen-bond acceptors (Lipinski definition) is 9. The van der Waals surface area contributed by atoms with Gasteiger partial charge in [0, 0.05) is 30.9 Å². The molecule has 0 aromatic heterocycles. The van der Waals surface area contributed by atoms with Crippen LogP contribution in [0.3, 0.4) is 0 Å². The number of rotatable bonds is 4. The number of esters is 1. The number of aliphatic hydroxyl groups is 4. The first-order chi connectivity index (χ1) is 18.4. The van der Waals surface area contributed by atoms with Crippen molar-refractivity contribution in [1.82, 2.24) is 0 Å². The smallest absolute Gasteiger partial charge is 0.331 e. The summed E-state index contributed by atoms with van der Waals surface area (Å²) >= 11 is 0. The van der Waals surface area contributed by atoms with Crippen LogP contribution in [0.1, 0.15) is 72.1 Å². The maximum atomic E-state index is 12.4. The van der Waals surface area contributed by atoms with Gasteiger partial charge in [-0.2, -0.15) is 0 Å². The van der Waals surface area contributed by atoms with Crippen LogP contribution in [0, 0.1) is 34.5 Å². The van der Waals surface area contributed by atoms with Gasteiger partial charge < -0.3 is 39.4 Å². The van der Waals surface area contributed by atoms with Crippen LogP contribution < -0.4 is 0 Å². The molecule has 4 aliphatic carbocycles. The molecule has 4 saturated carbocycles. The molecule has 0 amide bonds. The molecule has 0 bridgehead atoms. The lowest BCUT2D eigenvalue weighted by Gasteiger charge is -2.63. The zero-order valence-corrected chi connectivity index (χ0v) is 23.6. The van der Waals surface area contributed by atoms with Gasteiger partial charge in [-0.25, -0.2) is 4.79 Å². The molecule has 0 aromatic rings. The lowest BCUT2D eigenvalue weighted by atomic mass is 9.43. The fourth-order valence-electron chi connectivity index (χ4n) is 10.2. The third-order valence-electron chi connectivity index (χ3n) is 12.3. The topological polar surface area (TPSA) is 135 Å². The first-order valence-corrected chi connectivity index (χ1v) is 14.9. The Kier molecular flexibility index (Phi) is 7.02. The third-order valence-corrected chi connectivity index (χ3v) is 12.3. The summed E-state index contributed by atoms with van der Waals surface area (Å²) in [4.78, 5) is 11.8. The largest absolute Gasteiger partial charge is 0.458 e. The molecule has 9 heteroatoms. The van der Waals surface area contributed by atoms with Gasteiger partial charge in [-0.05, 0) is 80.6 Å². The predicted molar refractivity (Wildman–Crippen MR) is 139 cm³/mol. The van der Waals surface area contributed by atoms with Crippen LogP contribution in [0.15, 0.2) is 11.6 Å². The van der Waals surface area contributed by atoms with Crippen molar-refractivity contribution in [1.29, 1.82) is 0 Å². The highest BCUT2D eigenvalue weighted by molar-refractivity contribution is 5.85. The number of hydrogen-bond donors (Lipinski definition) is 4. The first-order valence-electron chi connectivity index (χ1n) is 14.9. The van der Waals surface area contributed by atoms with E-state index < -0.39 is 47.8 Å². The van der Waals surface area contributed by atoms with Crippen molar-refractivity contribution in [2.24, 2.45) is 34.5 Å². The Bertz CT molecular complexity index is 1000. The van der Waals surface area contributed by atoms with Gasteiger partial charge in [0.2, 0.25) is 0 Å². The third kappa shape index (κ3) is 4.09. The van der Waals surface area contributed by atoms with Gasteiger partial charge in [0.15, 0.2) is 6.29 Å². The van der Waals surface area contributed by atoms with E-state index in [1.54, 1.807) is 6.92 Å². The molecule has 0 spiro atoms. The van der Waals surface area contributed by atoms with Crippen molar-refractivity contribution >= 4 is 5.97 Å². The van der Waals surface area contributed by atoms with Gasteiger partial charge in [0.05, 0.1) is 23.9 Å². The number of carbonyl (C=O) groups is 1. The Labute approximate surface area is 230 Å². The Morgan fingerprint density at radius 2 is 1.79 bits per heavy atom. The van der Waals surface area contributed by atoms with E-state index in [9.17, 15) is 25.2 Å². The molecule has 4 N–H and O–H groups in total. The fourth-order valence-corrected chi connectivity index (χ4v) is 10.2. The van der Waals surface area contributed by atoms with E-state index in [1.165, 1.54) is 13.2 Å². The predicted octanol–water partition coefficient (Wildman–Crippen LogP) is 2.08. The average molecular weight is 551 g/mol. The molecule has 1 saturated heterocycles. The second-order valence-corrected chi connectivity index (χ2v) is 13.9. The molecule has 6 rings (SSSR count). The van der Waals surface area contributed by atoms with Crippen LogP contribution in [-0.2, 0) is 23.7 Å². The summed E-state index contributed by atoms with van der Waals surface area (Å²) in [5, 5.41) is 44.7. The van der Waals surface area contributed by atoms with Crippen molar-refractivity contribution in [3.05, 3.63) is 11.6 Å². The Morgan fingerprint density at radius 3 is 2.49 bits per heavy atom. The molecule has 39 heavy (non-hydrogen) atoms. The lowest BCUT2D eigenvalue weighted by Crippen LogP contribution is -2.62. The van der Waals surface area contributed by atoms with E-state index in [-0.39, 0.29) is 35.9 Å². The number of methoxy groups -OCH3 is 1. The molecule has 220 valence electrons. The SMILES string of the molecule is CO[C@H]1[C@@H](O)[C@@H](C)O[C@@H](O[C@@H]2CC[C@@]3(C)[C@H](CC[C@@H]4[C@@H]3CC[C@]3(C)[C@H](C5=CC(=O)OC5)[C@H](O)C[C@]43O)C2)[C@@H]1O. The monoisotopic (exact) mass is 550 g/mol. The van der Waals surface area contributed by atoms with Crippen LogP contribution >= 0.6 is 0 Å².